The van der Waals surface area contributed by atoms with Crippen LogP contribution in [0.25, 0.3) is 17.3 Å². The van der Waals surface area contributed by atoms with E-state index >= 15 is 0 Å². The minimum absolute atomic E-state index is 0.334. The highest BCUT2D eigenvalue weighted by molar-refractivity contribution is 7.13. The van der Waals surface area contributed by atoms with Crippen LogP contribution in [0, 0.1) is 0 Å². The van der Waals surface area contributed by atoms with Gasteiger partial charge < -0.3 is 10.5 Å². The molecule has 19 heavy (non-hydrogen) atoms. The molecule has 1 heterocycles. The first-order chi connectivity index (χ1) is 9.19. The third kappa shape index (κ3) is 3.66. The fourth-order valence-electron chi connectivity index (χ4n) is 1.54. The summed E-state index contributed by atoms with van der Waals surface area (Å²) < 4.78 is 4.81. The Kier molecular flexibility index (Phi) is 4.30. The van der Waals surface area contributed by atoms with Crippen molar-refractivity contribution >= 4 is 28.5 Å². The number of nitrogens with zero attached hydrogens (tertiary/aromatic N) is 1. The van der Waals surface area contributed by atoms with Crippen molar-refractivity contribution < 1.29 is 9.53 Å². The number of aromatic nitrogens is 1. The number of nitrogen functional groups attached to an aromatic ring is 1. The molecule has 0 radical (unpaired) electrons. The van der Waals surface area contributed by atoms with Crippen LogP contribution in [0.4, 0.5) is 5.13 Å². The van der Waals surface area contributed by atoms with Crippen LogP contribution in [0.2, 0.25) is 0 Å². The van der Waals surface area contributed by atoms with E-state index in [1.54, 1.807) is 13.0 Å². The van der Waals surface area contributed by atoms with Gasteiger partial charge in [0.2, 0.25) is 0 Å². The van der Waals surface area contributed by atoms with E-state index in [2.05, 4.69) is 4.98 Å². The highest BCUT2D eigenvalue weighted by Gasteiger charge is 2.01. The molecule has 0 aliphatic heterocycles. The maximum atomic E-state index is 11.2. The maximum Gasteiger partial charge on any atom is 0.330 e. The molecule has 0 amide bonds. The highest BCUT2D eigenvalue weighted by Crippen LogP contribution is 2.23. The van der Waals surface area contributed by atoms with Crippen molar-refractivity contribution in [3.05, 3.63) is 41.3 Å². The number of rotatable bonds is 4. The lowest BCUT2D eigenvalue weighted by Gasteiger charge is -1.98. The maximum absolute atomic E-state index is 11.2. The first kappa shape index (κ1) is 13.3. The van der Waals surface area contributed by atoms with Crippen molar-refractivity contribution in [2.75, 3.05) is 12.3 Å². The van der Waals surface area contributed by atoms with Crippen LogP contribution >= 0.6 is 11.3 Å². The van der Waals surface area contributed by atoms with E-state index in [1.165, 1.54) is 17.4 Å². The molecule has 0 saturated carbocycles. The number of benzene rings is 1. The van der Waals surface area contributed by atoms with E-state index in [1.807, 2.05) is 29.6 Å². The van der Waals surface area contributed by atoms with E-state index in [-0.39, 0.29) is 5.97 Å². The summed E-state index contributed by atoms with van der Waals surface area (Å²) >= 11 is 1.41. The van der Waals surface area contributed by atoms with Crippen LogP contribution in [0.3, 0.4) is 0 Å². The molecule has 0 spiro atoms. The Morgan fingerprint density at radius 1 is 1.42 bits per heavy atom. The quantitative estimate of drug-likeness (QED) is 0.687. The second kappa shape index (κ2) is 6.15. The van der Waals surface area contributed by atoms with Gasteiger partial charge in [-0.1, -0.05) is 24.3 Å². The zero-order valence-electron chi connectivity index (χ0n) is 10.5. The minimum Gasteiger partial charge on any atom is -0.463 e. The standard InChI is InChI=1S/C14H14N2O2S/c1-2-18-13(17)8-5-10-3-6-11(7-4-10)12-9-19-14(15)16-12/h3-9H,2H2,1H3,(H2,15,16). The Labute approximate surface area is 115 Å². The van der Waals surface area contributed by atoms with Gasteiger partial charge in [0.25, 0.3) is 0 Å². The van der Waals surface area contributed by atoms with Crippen LogP contribution in [-0.4, -0.2) is 17.6 Å². The van der Waals surface area contributed by atoms with Gasteiger partial charge in [0.15, 0.2) is 5.13 Å². The lowest BCUT2D eigenvalue weighted by atomic mass is 10.1. The van der Waals surface area contributed by atoms with Crippen molar-refractivity contribution in [2.24, 2.45) is 0 Å². The third-order valence-electron chi connectivity index (χ3n) is 2.43. The van der Waals surface area contributed by atoms with Gasteiger partial charge in [0.05, 0.1) is 12.3 Å². The molecule has 0 aliphatic rings. The molecule has 0 aliphatic carbocycles. The number of hydrogen-bond acceptors (Lipinski definition) is 5. The van der Waals surface area contributed by atoms with Gasteiger partial charge >= 0.3 is 5.97 Å². The summed E-state index contributed by atoms with van der Waals surface area (Å²) in [6.45, 7) is 2.16. The van der Waals surface area contributed by atoms with Gasteiger partial charge in [-0.3, -0.25) is 0 Å². The molecule has 1 aromatic heterocycles. The fourth-order valence-corrected chi connectivity index (χ4v) is 2.11. The van der Waals surface area contributed by atoms with Crippen molar-refractivity contribution in [1.82, 2.24) is 4.98 Å². The van der Waals surface area contributed by atoms with Crippen LogP contribution in [-0.2, 0) is 9.53 Å². The lowest BCUT2D eigenvalue weighted by Crippen LogP contribution is -1.98. The molecular weight excluding hydrogens is 260 g/mol. The number of anilines is 1. The minimum atomic E-state index is -0.334. The van der Waals surface area contributed by atoms with Gasteiger partial charge in [-0.05, 0) is 18.6 Å². The monoisotopic (exact) mass is 274 g/mol. The van der Waals surface area contributed by atoms with Crippen molar-refractivity contribution in [3.8, 4) is 11.3 Å². The summed E-state index contributed by atoms with van der Waals surface area (Å²) in [5, 5.41) is 2.47. The SMILES string of the molecule is CCOC(=O)C=Cc1ccc(-c2csc(N)n2)cc1. The average Bonchev–Trinajstić information content (AvgIpc) is 2.84. The van der Waals surface area contributed by atoms with Crippen molar-refractivity contribution in [2.45, 2.75) is 6.92 Å². The van der Waals surface area contributed by atoms with E-state index < -0.39 is 0 Å². The molecule has 4 nitrogen and oxygen atoms in total. The second-order valence-corrected chi connectivity index (χ2v) is 4.67. The molecular formula is C14H14N2O2S. The zero-order chi connectivity index (χ0) is 13.7. The summed E-state index contributed by atoms with van der Waals surface area (Å²) in [6.07, 6.45) is 3.14. The Morgan fingerprint density at radius 3 is 2.74 bits per heavy atom. The molecule has 2 rings (SSSR count). The highest BCUT2D eigenvalue weighted by atomic mass is 32.1. The molecule has 5 heteroatoms. The summed E-state index contributed by atoms with van der Waals surface area (Å²) in [5.41, 5.74) is 8.40. The lowest BCUT2D eigenvalue weighted by molar-refractivity contribution is -0.137. The fraction of sp³-hybridized carbons (Fsp3) is 0.143. The number of carbonyl (C=O) groups excluding carboxylic acids is 1. The summed E-state index contributed by atoms with van der Waals surface area (Å²) in [6, 6.07) is 7.72. The van der Waals surface area contributed by atoms with Gasteiger partial charge in [-0.2, -0.15) is 0 Å². The smallest absolute Gasteiger partial charge is 0.330 e. The Hall–Kier alpha value is -2.14. The first-order valence-electron chi connectivity index (χ1n) is 5.85. The van der Waals surface area contributed by atoms with E-state index in [4.69, 9.17) is 10.5 Å². The number of nitrogens with two attached hydrogens (primary N) is 1. The van der Waals surface area contributed by atoms with Crippen molar-refractivity contribution in [3.63, 3.8) is 0 Å². The number of ether oxygens (including phenoxy) is 1. The zero-order valence-corrected chi connectivity index (χ0v) is 11.3. The average molecular weight is 274 g/mol. The molecule has 1 aromatic carbocycles. The van der Waals surface area contributed by atoms with Gasteiger partial charge in [-0.25, -0.2) is 9.78 Å². The van der Waals surface area contributed by atoms with E-state index in [0.29, 0.717) is 11.7 Å². The number of esters is 1. The molecule has 0 fully saturated rings. The topological polar surface area (TPSA) is 65.2 Å². The predicted molar refractivity (Wildman–Crippen MR) is 77.6 cm³/mol. The Morgan fingerprint density at radius 2 is 2.16 bits per heavy atom. The van der Waals surface area contributed by atoms with E-state index in [9.17, 15) is 4.79 Å². The molecule has 0 unspecified atom stereocenters. The molecule has 2 aromatic rings. The summed E-state index contributed by atoms with van der Waals surface area (Å²) in [7, 11) is 0. The predicted octanol–water partition coefficient (Wildman–Crippen LogP) is 2.97. The van der Waals surface area contributed by atoms with E-state index in [0.717, 1.165) is 16.8 Å². The largest absolute Gasteiger partial charge is 0.463 e. The molecule has 98 valence electrons. The summed E-state index contributed by atoms with van der Waals surface area (Å²) in [5.74, 6) is -0.334. The van der Waals surface area contributed by atoms with Gasteiger partial charge in [0, 0.05) is 17.0 Å². The normalized spacial score (nSPS) is 10.8. The van der Waals surface area contributed by atoms with Gasteiger partial charge in [-0.15, -0.1) is 11.3 Å². The van der Waals surface area contributed by atoms with Crippen LogP contribution in [0.15, 0.2) is 35.7 Å². The Bertz CT molecular complexity index is 588. The number of thiazole rings is 1. The number of hydrogen-bond donors (Lipinski definition) is 1. The van der Waals surface area contributed by atoms with Crippen LogP contribution in [0.1, 0.15) is 12.5 Å². The molecule has 0 bridgehead atoms. The van der Waals surface area contributed by atoms with Crippen LogP contribution in [0.5, 0.6) is 0 Å². The molecule has 0 saturated heterocycles. The first-order valence-corrected chi connectivity index (χ1v) is 6.73. The summed E-state index contributed by atoms with van der Waals surface area (Å²) in [4.78, 5) is 15.4. The van der Waals surface area contributed by atoms with Gasteiger partial charge in [0.1, 0.15) is 0 Å². The third-order valence-corrected chi connectivity index (χ3v) is 3.10. The molecule has 2 N–H and O–H groups in total. The molecule has 0 atom stereocenters. The van der Waals surface area contributed by atoms with Crippen LogP contribution < -0.4 is 5.73 Å². The second-order valence-electron chi connectivity index (χ2n) is 3.78. The number of carbonyl (C=O) groups is 1. The van der Waals surface area contributed by atoms with Crippen molar-refractivity contribution in [1.29, 1.82) is 0 Å². The Balaban J connectivity index is 2.08.